The van der Waals surface area contributed by atoms with Crippen molar-refractivity contribution in [3.63, 3.8) is 0 Å². The Hall–Kier alpha value is -0.840. The van der Waals surface area contributed by atoms with Gasteiger partial charge in [0.1, 0.15) is 0 Å². The van der Waals surface area contributed by atoms with E-state index in [9.17, 15) is 4.79 Å². The molecule has 0 bridgehead atoms. The Kier molecular flexibility index (Phi) is 9.36. The van der Waals surface area contributed by atoms with Crippen LogP contribution in [0.3, 0.4) is 0 Å². The van der Waals surface area contributed by atoms with Crippen LogP contribution < -0.4 is 5.73 Å². The maximum Gasteiger partial charge on any atom is 0.303 e. The van der Waals surface area contributed by atoms with Gasteiger partial charge in [0.05, 0.1) is 0 Å². The number of rotatable bonds is 4. The quantitative estimate of drug-likeness (QED) is 0.857. The minimum Gasteiger partial charge on any atom is -0.481 e. The van der Waals surface area contributed by atoms with E-state index in [1.807, 2.05) is 0 Å². The predicted molar refractivity (Wildman–Crippen MR) is 62.5 cm³/mol. The predicted octanol–water partition coefficient (Wildman–Crippen LogP) is 1.79. The summed E-state index contributed by atoms with van der Waals surface area (Å²) in [6, 6.07) is 3.39. The van der Waals surface area contributed by atoms with Gasteiger partial charge in [0.2, 0.25) is 0 Å². The van der Waals surface area contributed by atoms with Crippen molar-refractivity contribution in [2.75, 3.05) is 0 Å². The second-order valence-corrected chi connectivity index (χ2v) is 2.82. The molecule has 0 radical (unpaired) electrons. The summed E-state index contributed by atoms with van der Waals surface area (Å²) in [5.41, 5.74) is 6.68. The fraction of sp³-hybridized carbons (Fsp3) is 0.333. The van der Waals surface area contributed by atoms with Gasteiger partial charge in [0, 0.05) is 24.9 Å². The SMILES string of the molecule is Cl.Cl.N[C@H](CCC(=O)O)c1ccncc1. The highest BCUT2D eigenvalue weighted by molar-refractivity contribution is 5.85. The largest absolute Gasteiger partial charge is 0.481 e. The summed E-state index contributed by atoms with van der Waals surface area (Å²) in [5.74, 6) is -0.815. The molecule has 1 heterocycles. The van der Waals surface area contributed by atoms with Gasteiger partial charge in [-0.15, -0.1) is 24.8 Å². The van der Waals surface area contributed by atoms with Crippen LogP contribution >= 0.6 is 24.8 Å². The topological polar surface area (TPSA) is 76.2 Å². The van der Waals surface area contributed by atoms with Gasteiger partial charge < -0.3 is 10.8 Å². The summed E-state index contributed by atoms with van der Waals surface area (Å²) in [4.78, 5) is 14.1. The van der Waals surface area contributed by atoms with Crippen LogP contribution in [0.5, 0.6) is 0 Å². The fourth-order valence-corrected chi connectivity index (χ4v) is 1.06. The molecule has 1 aromatic rings. The smallest absolute Gasteiger partial charge is 0.303 e. The molecule has 0 saturated carbocycles. The number of aromatic nitrogens is 1. The second kappa shape index (κ2) is 8.47. The Morgan fingerprint density at radius 1 is 1.40 bits per heavy atom. The van der Waals surface area contributed by atoms with Crippen LogP contribution in [0.25, 0.3) is 0 Å². The molecule has 0 fully saturated rings. The number of nitrogens with zero attached hydrogens (tertiary/aromatic N) is 1. The number of nitrogens with two attached hydrogens (primary N) is 1. The van der Waals surface area contributed by atoms with E-state index in [4.69, 9.17) is 10.8 Å². The lowest BCUT2D eigenvalue weighted by Crippen LogP contribution is -2.12. The highest BCUT2D eigenvalue weighted by atomic mass is 35.5. The maximum atomic E-state index is 10.3. The third-order valence-electron chi connectivity index (χ3n) is 1.80. The van der Waals surface area contributed by atoms with Crippen LogP contribution in [-0.4, -0.2) is 16.1 Å². The first-order valence-electron chi connectivity index (χ1n) is 4.07. The zero-order valence-electron chi connectivity index (χ0n) is 8.00. The molecule has 1 aromatic heterocycles. The first kappa shape index (κ1) is 16.6. The average Bonchev–Trinajstić information content (AvgIpc) is 2.15. The summed E-state index contributed by atoms with van der Waals surface area (Å²) >= 11 is 0. The average molecular weight is 253 g/mol. The molecule has 4 nitrogen and oxygen atoms in total. The molecule has 1 atom stereocenters. The van der Waals surface area contributed by atoms with Gasteiger partial charge >= 0.3 is 5.97 Å². The lowest BCUT2D eigenvalue weighted by atomic mass is 10.0. The number of carboxylic acid groups (broad SMARTS) is 1. The van der Waals surface area contributed by atoms with Crippen molar-refractivity contribution in [1.29, 1.82) is 0 Å². The number of carboxylic acids is 1. The van der Waals surface area contributed by atoms with Crippen molar-refractivity contribution in [2.24, 2.45) is 5.73 Å². The summed E-state index contributed by atoms with van der Waals surface area (Å²) in [5, 5.41) is 8.44. The van der Waals surface area contributed by atoms with E-state index in [-0.39, 0.29) is 37.3 Å². The molecule has 0 aliphatic rings. The zero-order chi connectivity index (χ0) is 9.68. The minimum atomic E-state index is -0.815. The summed E-state index contributed by atoms with van der Waals surface area (Å²) < 4.78 is 0. The monoisotopic (exact) mass is 252 g/mol. The summed E-state index contributed by atoms with van der Waals surface area (Å²) in [7, 11) is 0. The van der Waals surface area contributed by atoms with Crippen LogP contribution in [0.2, 0.25) is 0 Å². The van der Waals surface area contributed by atoms with E-state index in [1.54, 1.807) is 24.5 Å². The van der Waals surface area contributed by atoms with Gasteiger partial charge in [-0.2, -0.15) is 0 Å². The molecule has 3 N–H and O–H groups in total. The number of hydrogen-bond acceptors (Lipinski definition) is 3. The van der Waals surface area contributed by atoms with Gasteiger partial charge in [-0.1, -0.05) is 0 Å². The van der Waals surface area contributed by atoms with Crippen molar-refractivity contribution in [1.82, 2.24) is 4.98 Å². The Morgan fingerprint density at radius 2 is 1.93 bits per heavy atom. The molecule has 86 valence electrons. The molecule has 0 unspecified atom stereocenters. The Morgan fingerprint density at radius 3 is 2.40 bits per heavy atom. The standard InChI is InChI=1S/C9H12N2O2.2ClH/c10-8(1-2-9(12)13)7-3-5-11-6-4-7;;/h3-6,8H,1-2,10H2,(H,12,13);2*1H/t8-;;/m1../s1. The van der Waals surface area contributed by atoms with Crippen molar-refractivity contribution >= 4 is 30.8 Å². The minimum absolute atomic E-state index is 0. The number of pyridine rings is 1. The van der Waals surface area contributed by atoms with Gasteiger partial charge in [-0.25, -0.2) is 0 Å². The third-order valence-corrected chi connectivity index (χ3v) is 1.80. The van der Waals surface area contributed by atoms with E-state index >= 15 is 0 Å². The number of aliphatic carboxylic acids is 1. The van der Waals surface area contributed by atoms with E-state index in [1.165, 1.54) is 0 Å². The summed E-state index contributed by atoms with van der Waals surface area (Å²) in [6.45, 7) is 0. The maximum absolute atomic E-state index is 10.3. The normalized spacial score (nSPS) is 10.7. The van der Waals surface area contributed by atoms with Gasteiger partial charge in [-0.3, -0.25) is 9.78 Å². The van der Waals surface area contributed by atoms with Crippen molar-refractivity contribution < 1.29 is 9.90 Å². The van der Waals surface area contributed by atoms with Gasteiger partial charge in [-0.05, 0) is 24.1 Å². The van der Waals surface area contributed by atoms with E-state index in [2.05, 4.69) is 4.98 Å². The highest BCUT2D eigenvalue weighted by Gasteiger charge is 2.07. The molecule has 1 rings (SSSR count). The molecular weight excluding hydrogens is 239 g/mol. The Bertz CT molecular complexity index is 283. The van der Waals surface area contributed by atoms with Crippen LogP contribution in [0.15, 0.2) is 24.5 Å². The van der Waals surface area contributed by atoms with E-state index < -0.39 is 5.97 Å². The lowest BCUT2D eigenvalue weighted by molar-refractivity contribution is -0.137. The Balaban J connectivity index is 0. The third kappa shape index (κ3) is 6.28. The first-order chi connectivity index (χ1) is 6.20. The molecule has 6 heteroatoms. The molecule has 0 aromatic carbocycles. The molecule has 0 saturated heterocycles. The molecule has 0 amide bonds. The Labute approximate surface area is 101 Å². The first-order valence-corrected chi connectivity index (χ1v) is 4.07. The molecule has 0 aliphatic carbocycles. The van der Waals surface area contributed by atoms with Crippen LogP contribution in [0.1, 0.15) is 24.4 Å². The van der Waals surface area contributed by atoms with Gasteiger partial charge in [0.25, 0.3) is 0 Å². The zero-order valence-corrected chi connectivity index (χ0v) is 9.63. The van der Waals surface area contributed by atoms with E-state index in [0.717, 1.165) is 5.56 Å². The van der Waals surface area contributed by atoms with Crippen LogP contribution in [0, 0.1) is 0 Å². The van der Waals surface area contributed by atoms with Crippen LogP contribution in [-0.2, 0) is 4.79 Å². The van der Waals surface area contributed by atoms with Gasteiger partial charge in [0.15, 0.2) is 0 Å². The molecule has 15 heavy (non-hydrogen) atoms. The van der Waals surface area contributed by atoms with Crippen molar-refractivity contribution in [3.05, 3.63) is 30.1 Å². The number of carbonyl (C=O) groups is 1. The highest BCUT2D eigenvalue weighted by Crippen LogP contribution is 2.13. The van der Waals surface area contributed by atoms with Crippen LogP contribution in [0.4, 0.5) is 0 Å². The molecule has 0 aliphatic heterocycles. The number of halogens is 2. The van der Waals surface area contributed by atoms with Crippen molar-refractivity contribution in [2.45, 2.75) is 18.9 Å². The molecule has 0 spiro atoms. The number of hydrogen-bond donors (Lipinski definition) is 2. The molecular formula is C9H14Cl2N2O2. The fourth-order valence-electron chi connectivity index (χ4n) is 1.06. The lowest BCUT2D eigenvalue weighted by Gasteiger charge is -2.09. The summed E-state index contributed by atoms with van der Waals surface area (Å²) in [6.07, 6.45) is 3.86. The van der Waals surface area contributed by atoms with Crippen molar-refractivity contribution in [3.8, 4) is 0 Å². The van der Waals surface area contributed by atoms with E-state index in [0.29, 0.717) is 6.42 Å². The second-order valence-electron chi connectivity index (χ2n) is 2.82.